The summed E-state index contributed by atoms with van der Waals surface area (Å²) >= 11 is 0. The van der Waals surface area contributed by atoms with Crippen LogP contribution in [0.1, 0.15) is 0 Å². The molecule has 0 aliphatic rings. The molecule has 0 aliphatic heterocycles. The molecular weight excluding hydrogens is 83.9 g/mol. The van der Waals surface area contributed by atoms with Crippen LogP contribution in [-0.4, -0.2) is 19.4 Å². The van der Waals surface area contributed by atoms with Crippen molar-refractivity contribution in [2.24, 2.45) is 0 Å². The third-order valence-electron chi connectivity index (χ3n) is 0. The van der Waals surface area contributed by atoms with Crippen LogP contribution in [0.5, 0.6) is 0 Å². The molecular formula is H6BNPSi. The highest BCUT2D eigenvalue weighted by atomic mass is 31.0. The molecule has 4 heteroatoms. The summed E-state index contributed by atoms with van der Waals surface area (Å²) in [6.07, 6.45) is 0. The lowest BCUT2D eigenvalue weighted by Crippen LogP contribution is -0.481. The highest BCUT2D eigenvalue weighted by molar-refractivity contribution is 6.92. The molecule has 0 aromatic carbocycles. The van der Waals surface area contributed by atoms with Gasteiger partial charge in [0.1, 0.15) is 0 Å². The van der Waals surface area contributed by atoms with Gasteiger partial charge in [-0.2, -0.15) is 9.90 Å². The highest BCUT2D eigenvalue weighted by Gasteiger charge is 0.00102. The average molecular weight is 89.9 g/mol. The molecule has 0 saturated heterocycles. The van der Waals surface area contributed by atoms with Gasteiger partial charge >= 0.3 is 0 Å². The first-order chi connectivity index (χ1) is 0. The van der Waals surface area contributed by atoms with Crippen molar-refractivity contribution in [3.8, 4) is 0 Å². The van der Waals surface area contributed by atoms with Gasteiger partial charge < -0.3 is 6.15 Å². The van der Waals surface area contributed by atoms with Crippen molar-refractivity contribution in [3.05, 3.63) is 0 Å². The second-order valence-electron chi connectivity index (χ2n) is 0. The number of hydrogen-bond donors (Lipinski definition) is 1. The van der Waals surface area contributed by atoms with Gasteiger partial charge in [0.2, 0.25) is 0 Å². The molecule has 0 aliphatic carbocycles. The molecule has 1 atom stereocenters. The van der Waals surface area contributed by atoms with E-state index in [4.69, 9.17) is 0 Å². The lowest BCUT2D eigenvalue weighted by Gasteiger charge is -0.344. The van der Waals surface area contributed by atoms with Crippen LogP contribution in [-0.2, 0) is 0 Å². The normalized spacial score (nSPS) is 0. The molecule has 0 saturated carbocycles. The van der Waals surface area contributed by atoms with Crippen molar-refractivity contribution in [1.82, 2.24) is 6.15 Å². The minimum atomic E-state index is 0. The SMILES string of the molecule is N.P.[B].[Si]. The van der Waals surface area contributed by atoms with Crippen molar-refractivity contribution in [2.45, 2.75) is 0 Å². The molecule has 0 heterocycles. The Hall–Kier alpha value is 0.672. The number of hydrogen-bond acceptors (Lipinski definition) is 1. The van der Waals surface area contributed by atoms with Crippen LogP contribution < -0.4 is 6.15 Å². The van der Waals surface area contributed by atoms with Gasteiger partial charge in [-0.1, -0.05) is 0 Å². The van der Waals surface area contributed by atoms with Crippen LogP contribution >= 0.6 is 9.90 Å². The van der Waals surface area contributed by atoms with E-state index in [2.05, 4.69) is 0 Å². The Balaban J connectivity index is 0. The Morgan fingerprint density at radius 3 is 1.00 bits per heavy atom. The zero-order chi connectivity index (χ0) is 0. The van der Waals surface area contributed by atoms with Gasteiger partial charge in [-0.25, -0.2) is 0 Å². The predicted octanol–water partition coefficient (Wildman–Crippen LogP) is -0.542. The van der Waals surface area contributed by atoms with E-state index in [1.54, 1.807) is 0 Å². The first kappa shape index (κ1) is 140. The quantitative estimate of drug-likeness (QED) is 0.314. The predicted molar refractivity (Wildman–Crippen MR) is 27.6 cm³/mol. The zero-order valence-corrected chi connectivity index (χ0v) is 4.91. The van der Waals surface area contributed by atoms with Gasteiger partial charge in [0.25, 0.3) is 0 Å². The van der Waals surface area contributed by atoms with Gasteiger partial charge in [-0.3, -0.25) is 0 Å². The monoisotopic (exact) mass is 90.0 g/mol. The van der Waals surface area contributed by atoms with Crippen LogP contribution in [0, 0.1) is 0 Å². The molecule has 1 nitrogen and oxygen atoms in total. The van der Waals surface area contributed by atoms with E-state index in [0.717, 1.165) is 0 Å². The van der Waals surface area contributed by atoms with Crippen LogP contribution in [0.25, 0.3) is 0 Å². The fraction of sp³-hybridized carbons (Fsp3) is 0. The molecule has 0 rings (SSSR count). The average Bonchev–Trinajstić information content (AvgIpc) is 0. The third-order valence-corrected chi connectivity index (χ3v) is 0. The van der Waals surface area contributed by atoms with Crippen molar-refractivity contribution in [3.63, 3.8) is 0 Å². The smallest absolute Gasteiger partial charge is 0 e. The summed E-state index contributed by atoms with van der Waals surface area (Å²) in [6, 6.07) is 0. The third kappa shape index (κ3) is 16.5. The maximum Gasteiger partial charge on any atom is 0 e. The minimum Gasteiger partial charge on any atom is -0.344 e. The van der Waals surface area contributed by atoms with Gasteiger partial charge in [-0.05, 0) is 0 Å². The van der Waals surface area contributed by atoms with Crippen LogP contribution in [0.2, 0.25) is 0 Å². The Bertz CT molecular complexity index is 8.00. The Kier molecular flexibility index (Phi) is 2030. The number of rotatable bonds is 0. The molecule has 3 N–H and O–H groups in total. The summed E-state index contributed by atoms with van der Waals surface area (Å²) < 4.78 is 0. The fourth-order valence-corrected chi connectivity index (χ4v) is 0. The summed E-state index contributed by atoms with van der Waals surface area (Å²) in [5.74, 6) is 0. The lowest BCUT2D eigenvalue weighted by molar-refractivity contribution is 2.13. The lowest BCUT2D eigenvalue weighted by atomic mass is 10.8. The maximum absolute atomic E-state index is 0. The second-order valence-corrected chi connectivity index (χ2v) is 0. The summed E-state index contributed by atoms with van der Waals surface area (Å²) in [6.45, 7) is 0. The molecule has 0 aromatic rings. The molecule has 4 heavy (non-hydrogen) atoms. The van der Waals surface area contributed by atoms with E-state index >= 15 is 0 Å². The standard InChI is InChI=1S/B.H3N.H3P.Si/h;2*1H3;. The first-order valence-corrected chi connectivity index (χ1v) is 0. The topological polar surface area (TPSA) is 35.0 Å². The van der Waals surface area contributed by atoms with E-state index in [9.17, 15) is 0 Å². The maximum atomic E-state index is 0. The molecule has 0 bridgehead atoms. The van der Waals surface area contributed by atoms with Crippen molar-refractivity contribution in [2.75, 3.05) is 0 Å². The van der Waals surface area contributed by atoms with Gasteiger partial charge in [0.05, 0.1) is 0 Å². The molecule has 0 amide bonds. The van der Waals surface area contributed by atoms with E-state index in [1.807, 2.05) is 0 Å². The molecule has 7 radical (unpaired) electrons. The minimum absolute atomic E-state index is 0. The van der Waals surface area contributed by atoms with Crippen LogP contribution in [0.4, 0.5) is 0 Å². The van der Waals surface area contributed by atoms with Gasteiger partial charge in [0.15, 0.2) is 0 Å². The van der Waals surface area contributed by atoms with Crippen LogP contribution in [0.3, 0.4) is 0 Å². The molecule has 0 spiro atoms. The summed E-state index contributed by atoms with van der Waals surface area (Å²) in [4.78, 5) is 0. The summed E-state index contributed by atoms with van der Waals surface area (Å²) in [5, 5.41) is 0. The van der Waals surface area contributed by atoms with Crippen molar-refractivity contribution >= 4 is 29.3 Å². The summed E-state index contributed by atoms with van der Waals surface area (Å²) in [5.41, 5.74) is 0. The van der Waals surface area contributed by atoms with Gasteiger partial charge in [-0.15, -0.1) is 0 Å². The van der Waals surface area contributed by atoms with E-state index in [-0.39, 0.29) is 35.4 Å². The Morgan fingerprint density at radius 1 is 1.00 bits per heavy atom. The van der Waals surface area contributed by atoms with Crippen molar-refractivity contribution in [1.29, 1.82) is 0 Å². The molecule has 0 fully saturated rings. The second kappa shape index (κ2) is 58.1. The van der Waals surface area contributed by atoms with E-state index < -0.39 is 0 Å². The van der Waals surface area contributed by atoms with E-state index in [1.165, 1.54) is 0 Å². The molecule has 0 aromatic heterocycles. The van der Waals surface area contributed by atoms with E-state index in [0.29, 0.717) is 0 Å². The fourth-order valence-electron chi connectivity index (χ4n) is 0. The highest BCUT2D eigenvalue weighted by Crippen LogP contribution is 0.861. The first-order valence-electron chi connectivity index (χ1n) is 0. The zero-order valence-electron chi connectivity index (χ0n) is 2.49. The largest absolute Gasteiger partial charge is 0.344 e. The molecule has 23 valence electrons. The Labute approximate surface area is 36.4 Å². The van der Waals surface area contributed by atoms with Gasteiger partial charge in [0, 0.05) is 19.4 Å². The van der Waals surface area contributed by atoms with Crippen LogP contribution in [0.15, 0.2) is 0 Å². The summed E-state index contributed by atoms with van der Waals surface area (Å²) in [7, 11) is 0. The molecule has 1 unspecified atom stereocenters. The Morgan fingerprint density at radius 2 is 1.00 bits per heavy atom. The van der Waals surface area contributed by atoms with Crippen molar-refractivity contribution < 1.29 is 0 Å².